The van der Waals surface area contributed by atoms with Gasteiger partial charge in [-0.3, -0.25) is 0 Å². The van der Waals surface area contributed by atoms with Crippen molar-refractivity contribution in [1.29, 1.82) is 0 Å². The van der Waals surface area contributed by atoms with Crippen LogP contribution < -0.4 is 5.32 Å². The number of hydrogen-bond acceptors (Lipinski definition) is 2. The maximum Gasteiger partial charge on any atom is 0.0251 e. The molecule has 112 valence electrons. The smallest absolute Gasteiger partial charge is 0.0251 e. The molecule has 2 heteroatoms. The van der Waals surface area contributed by atoms with Crippen LogP contribution in [0.15, 0.2) is 23.1 Å². The van der Waals surface area contributed by atoms with E-state index < -0.39 is 0 Å². The molecule has 0 aliphatic heterocycles. The Kier molecular flexibility index (Phi) is 5.98. The lowest BCUT2D eigenvalue weighted by molar-refractivity contribution is 0.298. The lowest BCUT2D eigenvalue weighted by Crippen LogP contribution is -2.42. The zero-order valence-corrected chi connectivity index (χ0v) is 14.2. The Labute approximate surface area is 128 Å². The first-order valence-corrected chi connectivity index (χ1v) is 8.99. The molecule has 1 aromatic rings. The molecular formula is C18H29NS. The van der Waals surface area contributed by atoms with Crippen LogP contribution in [0.25, 0.3) is 0 Å². The van der Waals surface area contributed by atoms with Gasteiger partial charge in [-0.05, 0) is 57.2 Å². The molecule has 0 radical (unpaired) electrons. The van der Waals surface area contributed by atoms with E-state index in [1.54, 1.807) is 0 Å². The number of hydrogen-bond donors (Lipinski definition) is 1. The SMILES string of the molecule is CCNC1CCC(CC)CC1Sc1cc(C)ccc1C. The minimum atomic E-state index is 0.688. The molecule has 1 N–H and O–H groups in total. The second kappa shape index (κ2) is 7.51. The Balaban J connectivity index is 2.11. The molecule has 0 amide bonds. The summed E-state index contributed by atoms with van der Waals surface area (Å²) in [5, 5.41) is 4.44. The zero-order valence-electron chi connectivity index (χ0n) is 13.4. The van der Waals surface area contributed by atoms with E-state index in [9.17, 15) is 0 Å². The average molecular weight is 292 g/mol. The summed E-state index contributed by atoms with van der Waals surface area (Å²) in [5.74, 6) is 0.924. The predicted molar refractivity (Wildman–Crippen MR) is 90.7 cm³/mol. The highest BCUT2D eigenvalue weighted by Gasteiger charge is 2.30. The summed E-state index contributed by atoms with van der Waals surface area (Å²) in [6, 6.07) is 7.53. The molecule has 3 atom stereocenters. The summed E-state index contributed by atoms with van der Waals surface area (Å²) in [4.78, 5) is 1.48. The van der Waals surface area contributed by atoms with Crippen molar-refractivity contribution in [3.63, 3.8) is 0 Å². The topological polar surface area (TPSA) is 12.0 Å². The molecule has 1 saturated carbocycles. The molecule has 1 aliphatic carbocycles. The van der Waals surface area contributed by atoms with E-state index in [1.165, 1.54) is 41.7 Å². The largest absolute Gasteiger partial charge is 0.313 e. The fraction of sp³-hybridized carbons (Fsp3) is 0.667. The molecule has 3 unspecified atom stereocenters. The molecule has 0 spiro atoms. The van der Waals surface area contributed by atoms with Crippen LogP contribution in [0, 0.1) is 19.8 Å². The molecule has 0 saturated heterocycles. The lowest BCUT2D eigenvalue weighted by Gasteiger charge is -2.36. The molecule has 0 aromatic heterocycles. The second-order valence-corrected chi connectivity index (χ2v) is 7.46. The molecule has 2 rings (SSSR count). The van der Waals surface area contributed by atoms with E-state index in [-0.39, 0.29) is 0 Å². The Morgan fingerprint density at radius 2 is 2.00 bits per heavy atom. The average Bonchev–Trinajstić information content (AvgIpc) is 2.45. The Hall–Kier alpha value is -0.470. The van der Waals surface area contributed by atoms with Crippen LogP contribution in [0.5, 0.6) is 0 Å². The van der Waals surface area contributed by atoms with Crippen LogP contribution in [0.4, 0.5) is 0 Å². The van der Waals surface area contributed by atoms with Gasteiger partial charge in [-0.25, -0.2) is 0 Å². The van der Waals surface area contributed by atoms with Crippen molar-refractivity contribution >= 4 is 11.8 Å². The molecule has 1 aliphatic rings. The van der Waals surface area contributed by atoms with Gasteiger partial charge in [0.1, 0.15) is 0 Å². The van der Waals surface area contributed by atoms with Crippen molar-refractivity contribution in [3.8, 4) is 0 Å². The van der Waals surface area contributed by atoms with Gasteiger partial charge in [0.15, 0.2) is 0 Å². The number of benzene rings is 1. The fourth-order valence-electron chi connectivity index (χ4n) is 3.21. The standard InChI is InChI=1S/C18H29NS/c1-5-15-9-10-16(19-6-2)18(12-15)20-17-11-13(3)7-8-14(17)4/h7-8,11,15-16,18-19H,5-6,9-10,12H2,1-4H3. The second-order valence-electron chi connectivity index (χ2n) is 6.18. The Morgan fingerprint density at radius 1 is 1.20 bits per heavy atom. The van der Waals surface area contributed by atoms with Gasteiger partial charge in [-0.15, -0.1) is 11.8 Å². The van der Waals surface area contributed by atoms with Crippen molar-refractivity contribution < 1.29 is 0 Å². The van der Waals surface area contributed by atoms with Gasteiger partial charge in [-0.1, -0.05) is 38.0 Å². The van der Waals surface area contributed by atoms with Gasteiger partial charge >= 0.3 is 0 Å². The van der Waals surface area contributed by atoms with Gasteiger partial charge in [0.25, 0.3) is 0 Å². The quantitative estimate of drug-likeness (QED) is 0.823. The van der Waals surface area contributed by atoms with Gasteiger partial charge < -0.3 is 5.32 Å². The number of aryl methyl sites for hydroxylation is 2. The number of rotatable bonds is 5. The third-order valence-electron chi connectivity index (χ3n) is 4.57. The van der Waals surface area contributed by atoms with Crippen LogP contribution in [0.1, 0.15) is 50.7 Å². The van der Waals surface area contributed by atoms with Crippen molar-refractivity contribution in [2.45, 2.75) is 69.6 Å². The minimum absolute atomic E-state index is 0.688. The van der Waals surface area contributed by atoms with Crippen molar-refractivity contribution in [2.24, 2.45) is 5.92 Å². The van der Waals surface area contributed by atoms with E-state index in [0.717, 1.165) is 17.7 Å². The summed E-state index contributed by atoms with van der Waals surface area (Å²) in [5.41, 5.74) is 2.80. The van der Waals surface area contributed by atoms with Gasteiger partial charge in [0.2, 0.25) is 0 Å². The first kappa shape index (κ1) is 15.9. The van der Waals surface area contributed by atoms with E-state index in [4.69, 9.17) is 0 Å². The molecule has 0 bridgehead atoms. The van der Waals surface area contributed by atoms with Crippen LogP contribution in [0.3, 0.4) is 0 Å². The van der Waals surface area contributed by atoms with Gasteiger partial charge in [0.05, 0.1) is 0 Å². The monoisotopic (exact) mass is 291 g/mol. The molecule has 1 nitrogen and oxygen atoms in total. The first-order valence-electron chi connectivity index (χ1n) is 8.11. The molecule has 1 aromatic carbocycles. The van der Waals surface area contributed by atoms with Crippen LogP contribution >= 0.6 is 11.8 Å². The summed E-state index contributed by atoms with van der Waals surface area (Å²) in [7, 11) is 0. The summed E-state index contributed by atoms with van der Waals surface area (Å²) in [6.07, 6.45) is 5.45. The van der Waals surface area contributed by atoms with Crippen LogP contribution in [0.2, 0.25) is 0 Å². The van der Waals surface area contributed by atoms with Crippen molar-refractivity contribution in [3.05, 3.63) is 29.3 Å². The minimum Gasteiger partial charge on any atom is -0.313 e. The highest BCUT2D eigenvalue weighted by molar-refractivity contribution is 8.00. The van der Waals surface area contributed by atoms with E-state index in [2.05, 4.69) is 63.0 Å². The van der Waals surface area contributed by atoms with Crippen molar-refractivity contribution in [2.75, 3.05) is 6.54 Å². The van der Waals surface area contributed by atoms with E-state index >= 15 is 0 Å². The first-order chi connectivity index (χ1) is 9.63. The summed E-state index contributed by atoms with van der Waals surface area (Å²) in [6.45, 7) is 10.1. The maximum absolute atomic E-state index is 3.71. The van der Waals surface area contributed by atoms with Crippen molar-refractivity contribution in [1.82, 2.24) is 5.32 Å². The molecule has 20 heavy (non-hydrogen) atoms. The van der Waals surface area contributed by atoms with Gasteiger partial charge in [0, 0.05) is 16.2 Å². The highest BCUT2D eigenvalue weighted by Crippen LogP contribution is 2.38. The highest BCUT2D eigenvalue weighted by atomic mass is 32.2. The Bertz CT molecular complexity index is 429. The third kappa shape index (κ3) is 4.02. The lowest BCUT2D eigenvalue weighted by atomic mass is 9.84. The zero-order chi connectivity index (χ0) is 14.5. The van der Waals surface area contributed by atoms with E-state index in [0.29, 0.717) is 6.04 Å². The maximum atomic E-state index is 3.71. The number of thioether (sulfide) groups is 1. The fourth-order valence-corrected chi connectivity index (χ4v) is 4.80. The predicted octanol–water partition coefficient (Wildman–Crippen LogP) is 4.95. The summed E-state index contributed by atoms with van der Waals surface area (Å²) >= 11 is 2.11. The Morgan fingerprint density at radius 3 is 2.70 bits per heavy atom. The molecule has 1 fully saturated rings. The normalized spacial score (nSPS) is 26.7. The molecular weight excluding hydrogens is 262 g/mol. The van der Waals surface area contributed by atoms with Crippen LogP contribution in [-0.4, -0.2) is 17.8 Å². The van der Waals surface area contributed by atoms with Gasteiger partial charge in [-0.2, -0.15) is 0 Å². The van der Waals surface area contributed by atoms with E-state index in [1.807, 2.05) is 0 Å². The summed E-state index contributed by atoms with van der Waals surface area (Å²) < 4.78 is 0. The van der Waals surface area contributed by atoms with Crippen LogP contribution in [-0.2, 0) is 0 Å². The third-order valence-corrected chi connectivity index (χ3v) is 6.08. The number of nitrogens with one attached hydrogen (secondary N) is 1. The molecule has 0 heterocycles.